The molecule has 0 spiro atoms. The smallest absolute Gasteiger partial charge is 0.113 e. The van der Waals surface area contributed by atoms with Gasteiger partial charge in [0.25, 0.3) is 0 Å². The van der Waals surface area contributed by atoms with Gasteiger partial charge in [0.1, 0.15) is 17.1 Å². The Morgan fingerprint density at radius 2 is 2.09 bits per heavy atom. The number of fused-ring (bicyclic) bond motifs is 1. The number of nitriles is 1. The van der Waals surface area contributed by atoms with Gasteiger partial charge in [-0.3, -0.25) is 9.97 Å². The average Bonchev–Trinajstić information content (AvgIpc) is 2.53. The highest BCUT2D eigenvalue weighted by Crippen LogP contribution is 2.30. The van der Waals surface area contributed by atoms with E-state index in [0.29, 0.717) is 23.5 Å². The first kappa shape index (κ1) is 14.1. The summed E-state index contributed by atoms with van der Waals surface area (Å²) in [5.41, 5.74) is 11.5. The number of hydrogen-bond acceptors (Lipinski definition) is 5. The second-order valence-corrected chi connectivity index (χ2v) is 5.60. The topological polar surface area (TPSA) is 102 Å². The molecular weight excluding hydrogens is 278 g/mol. The molecule has 1 aliphatic heterocycles. The summed E-state index contributed by atoms with van der Waals surface area (Å²) in [6.07, 6.45) is 4.11. The molecule has 0 bridgehead atoms. The zero-order valence-electron chi connectivity index (χ0n) is 12.2. The fraction of sp³-hybridized carbons (Fsp3) is 0.400. The summed E-state index contributed by atoms with van der Waals surface area (Å²) in [6, 6.07) is 5.78. The van der Waals surface area contributed by atoms with Crippen molar-refractivity contribution in [1.29, 1.82) is 5.26 Å². The summed E-state index contributed by atoms with van der Waals surface area (Å²) >= 11 is 0. The molecule has 0 aliphatic carbocycles. The maximum Gasteiger partial charge on any atom is 0.113 e. The van der Waals surface area contributed by atoms with Gasteiger partial charge in [0.15, 0.2) is 0 Å². The van der Waals surface area contributed by atoms with Gasteiger partial charge in [-0.05, 0) is 30.0 Å². The highest BCUT2D eigenvalue weighted by Gasteiger charge is 2.26. The SMILES string of the molecule is C[C@@H]1C[C@H](N=[N+]=[N-])CN(c2ccc(C#N)c3nccnc23)C1. The van der Waals surface area contributed by atoms with Crippen molar-refractivity contribution in [1.82, 2.24) is 9.97 Å². The molecule has 1 aromatic heterocycles. The van der Waals surface area contributed by atoms with Crippen LogP contribution in [0.25, 0.3) is 21.5 Å². The summed E-state index contributed by atoms with van der Waals surface area (Å²) in [5.74, 6) is 0.423. The van der Waals surface area contributed by atoms with Crippen molar-refractivity contribution in [2.75, 3.05) is 18.0 Å². The molecule has 1 fully saturated rings. The largest absolute Gasteiger partial charge is 0.369 e. The molecule has 3 rings (SSSR count). The number of rotatable bonds is 2. The van der Waals surface area contributed by atoms with Crippen LogP contribution in [-0.4, -0.2) is 29.1 Å². The van der Waals surface area contributed by atoms with Gasteiger partial charge in [0, 0.05) is 30.4 Å². The quantitative estimate of drug-likeness (QED) is 0.482. The monoisotopic (exact) mass is 293 g/mol. The van der Waals surface area contributed by atoms with Crippen molar-refractivity contribution in [3.8, 4) is 6.07 Å². The van der Waals surface area contributed by atoms with Crippen LogP contribution >= 0.6 is 0 Å². The molecule has 1 aromatic carbocycles. The predicted octanol–water partition coefficient (Wildman–Crippen LogP) is 3.03. The van der Waals surface area contributed by atoms with E-state index < -0.39 is 0 Å². The molecule has 0 unspecified atom stereocenters. The molecule has 1 aliphatic rings. The minimum absolute atomic E-state index is 0.0453. The Kier molecular flexibility index (Phi) is 3.77. The van der Waals surface area contributed by atoms with Crippen LogP contribution < -0.4 is 4.90 Å². The fourth-order valence-electron chi connectivity index (χ4n) is 3.06. The third-order valence-corrected chi connectivity index (χ3v) is 3.92. The Balaban J connectivity index is 2.06. The molecule has 2 aromatic rings. The number of benzene rings is 1. The Bertz CT molecular complexity index is 788. The molecule has 2 heterocycles. The summed E-state index contributed by atoms with van der Waals surface area (Å²) in [7, 11) is 0. The van der Waals surface area contributed by atoms with E-state index in [0.717, 1.165) is 24.2 Å². The van der Waals surface area contributed by atoms with E-state index >= 15 is 0 Å². The van der Waals surface area contributed by atoms with Crippen LogP contribution in [0.1, 0.15) is 18.9 Å². The Morgan fingerprint density at radius 1 is 1.32 bits per heavy atom. The average molecular weight is 293 g/mol. The van der Waals surface area contributed by atoms with Crippen molar-refractivity contribution in [2.24, 2.45) is 11.0 Å². The van der Waals surface area contributed by atoms with E-state index in [2.05, 4.69) is 37.9 Å². The molecular formula is C15H15N7. The molecule has 7 nitrogen and oxygen atoms in total. The standard InChI is InChI=1S/C15H15N7/c1-10-6-12(20-21-17)9-22(8-10)13-3-2-11(7-16)14-15(13)19-5-4-18-14/h2-5,10,12H,6,8-9H2,1H3/t10-,12+/m1/s1. The van der Waals surface area contributed by atoms with Gasteiger partial charge in [0.05, 0.1) is 17.3 Å². The highest BCUT2D eigenvalue weighted by atomic mass is 15.2. The van der Waals surface area contributed by atoms with Gasteiger partial charge in [-0.15, -0.1) is 0 Å². The van der Waals surface area contributed by atoms with Gasteiger partial charge in [-0.25, -0.2) is 0 Å². The molecule has 22 heavy (non-hydrogen) atoms. The lowest BCUT2D eigenvalue weighted by Gasteiger charge is -2.36. The summed E-state index contributed by atoms with van der Waals surface area (Å²) in [6.45, 7) is 3.67. The van der Waals surface area contributed by atoms with E-state index in [1.807, 2.05) is 6.07 Å². The lowest BCUT2D eigenvalue weighted by atomic mass is 9.95. The fourth-order valence-corrected chi connectivity index (χ4v) is 3.06. The van der Waals surface area contributed by atoms with Crippen molar-refractivity contribution in [2.45, 2.75) is 19.4 Å². The van der Waals surface area contributed by atoms with Crippen LogP contribution in [0, 0.1) is 17.2 Å². The molecule has 0 saturated carbocycles. The van der Waals surface area contributed by atoms with E-state index in [9.17, 15) is 5.26 Å². The van der Waals surface area contributed by atoms with Gasteiger partial charge >= 0.3 is 0 Å². The van der Waals surface area contributed by atoms with Crippen LogP contribution in [0.4, 0.5) is 5.69 Å². The molecule has 110 valence electrons. The molecule has 0 amide bonds. The third-order valence-electron chi connectivity index (χ3n) is 3.92. The normalized spacial score (nSPS) is 21.2. The van der Waals surface area contributed by atoms with Crippen molar-refractivity contribution >= 4 is 16.7 Å². The van der Waals surface area contributed by atoms with Gasteiger partial charge < -0.3 is 4.90 Å². The first-order valence-electron chi connectivity index (χ1n) is 7.16. The minimum atomic E-state index is -0.0453. The van der Waals surface area contributed by atoms with Gasteiger partial charge in [-0.2, -0.15) is 5.26 Å². The van der Waals surface area contributed by atoms with Crippen LogP contribution in [0.2, 0.25) is 0 Å². The van der Waals surface area contributed by atoms with Crippen LogP contribution in [0.5, 0.6) is 0 Å². The van der Waals surface area contributed by atoms with E-state index in [1.165, 1.54) is 0 Å². The van der Waals surface area contributed by atoms with Gasteiger partial charge in [-0.1, -0.05) is 12.0 Å². The summed E-state index contributed by atoms with van der Waals surface area (Å²) < 4.78 is 0. The first-order valence-corrected chi connectivity index (χ1v) is 7.16. The minimum Gasteiger partial charge on any atom is -0.369 e. The van der Waals surface area contributed by atoms with Crippen molar-refractivity contribution in [3.05, 3.63) is 40.5 Å². The third kappa shape index (κ3) is 2.52. The van der Waals surface area contributed by atoms with Crippen molar-refractivity contribution in [3.63, 3.8) is 0 Å². The highest BCUT2D eigenvalue weighted by molar-refractivity contribution is 5.92. The summed E-state index contributed by atoms with van der Waals surface area (Å²) in [4.78, 5) is 13.8. The second-order valence-electron chi connectivity index (χ2n) is 5.60. The number of nitrogens with zero attached hydrogens (tertiary/aromatic N) is 7. The predicted molar refractivity (Wildman–Crippen MR) is 83.2 cm³/mol. The molecule has 0 radical (unpaired) electrons. The Morgan fingerprint density at radius 3 is 2.82 bits per heavy atom. The summed E-state index contributed by atoms with van der Waals surface area (Å²) in [5, 5.41) is 13.1. The zero-order chi connectivity index (χ0) is 15.5. The number of hydrogen-bond donors (Lipinski definition) is 0. The Labute approximate surface area is 127 Å². The zero-order valence-corrected chi connectivity index (χ0v) is 12.2. The van der Waals surface area contributed by atoms with Crippen molar-refractivity contribution < 1.29 is 0 Å². The molecule has 7 heteroatoms. The number of piperidine rings is 1. The molecule has 0 N–H and O–H groups in total. The Hall–Kier alpha value is -2.84. The molecule has 2 atom stereocenters. The van der Waals surface area contributed by atoms with E-state index in [1.54, 1.807) is 18.5 Å². The maximum absolute atomic E-state index is 9.20. The first-order chi connectivity index (χ1) is 10.7. The molecule has 1 saturated heterocycles. The van der Waals surface area contributed by atoms with Gasteiger partial charge in [0.2, 0.25) is 0 Å². The van der Waals surface area contributed by atoms with Crippen LogP contribution in [0.15, 0.2) is 29.6 Å². The number of aromatic nitrogens is 2. The maximum atomic E-state index is 9.20. The van der Waals surface area contributed by atoms with E-state index in [4.69, 9.17) is 5.53 Å². The number of anilines is 1. The van der Waals surface area contributed by atoms with Crippen LogP contribution in [0.3, 0.4) is 0 Å². The lowest BCUT2D eigenvalue weighted by molar-refractivity contribution is 0.401. The van der Waals surface area contributed by atoms with E-state index in [-0.39, 0.29) is 6.04 Å². The lowest BCUT2D eigenvalue weighted by Crippen LogP contribution is -2.41. The van der Waals surface area contributed by atoms with Crippen LogP contribution in [-0.2, 0) is 0 Å². The second kappa shape index (κ2) is 5.88. The number of azide groups is 1.